The molecule has 0 heterocycles. The van der Waals surface area contributed by atoms with Crippen LogP contribution < -0.4 is 28.4 Å². The monoisotopic (exact) mass is 630 g/mol. The summed E-state index contributed by atoms with van der Waals surface area (Å²) in [6.45, 7) is 0. The van der Waals surface area contributed by atoms with Crippen molar-refractivity contribution in [3.8, 4) is 34.5 Å². The van der Waals surface area contributed by atoms with Crippen molar-refractivity contribution < 1.29 is 36.8 Å². The largest absolute Gasteiger partial charge is 0.496 e. The maximum Gasteiger partial charge on any atom is 0.172 e. The number of methoxy groups -OCH3 is 6. The van der Waals surface area contributed by atoms with Crippen molar-refractivity contribution in [2.75, 3.05) is 42.7 Å². The van der Waals surface area contributed by atoms with Crippen LogP contribution >= 0.6 is 0 Å². The molecule has 236 valence electrons. The van der Waals surface area contributed by atoms with E-state index in [0.717, 1.165) is 0 Å². The average Bonchev–Trinajstić information content (AvgIpc) is 3.08. The summed E-state index contributed by atoms with van der Waals surface area (Å²) in [4.78, 5) is 0. The van der Waals surface area contributed by atoms with Crippen LogP contribution in [0.2, 0.25) is 0 Å². The van der Waals surface area contributed by atoms with Gasteiger partial charge in [0.05, 0.1) is 53.8 Å². The molecule has 0 aliphatic rings. The molecule has 0 fully saturated rings. The Morgan fingerprint density at radius 3 is 1.04 bits per heavy atom. The number of rotatable bonds is 14. The van der Waals surface area contributed by atoms with E-state index in [0.29, 0.717) is 56.8 Å². The zero-order chi connectivity index (χ0) is 32.4. The maximum absolute atomic E-state index is 15.3. The minimum Gasteiger partial charge on any atom is -0.496 e. The number of sulfone groups is 1. The number of hydrogen-bond acceptors (Lipinski definition) is 8. The van der Waals surface area contributed by atoms with Gasteiger partial charge in [-0.3, -0.25) is 0 Å². The molecular weight excluding hydrogens is 592 g/mol. The molecule has 0 aromatic heterocycles. The first-order valence-electron chi connectivity index (χ1n) is 14.1. The van der Waals surface area contributed by atoms with E-state index in [2.05, 4.69) is 0 Å². The van der Waals surface area contributed by atoms with E-state index in [1.807, 2.05) is 48.5 Å². The van der Waals surface area contributed by atoms with Gasteiger partial charge in [0.2, 0.25) is 0 Å². The summed E-state index contributed by atoms with van der Waals surface area (Å²) >= 11 is 0. The Morgan fingerprint density at radius 2 is 0.733 bits per heavy atom. The van der Waals surface area contributed by atoms with Crippen LogP contribution in [0.5, 0.6) is 34.5 Å². The molecule has 2 unspecified atom stereocenters. The van der Waals surface area contributed by atoms with Crippen LogP contribution in [0.25, 0.3) is 12.2 Å². The van der Waals surface area contributed by atoms with E-state index >= 15 is 8.42 Å². The van der Waals surface area contributed by atoms with Gasteiger partial charge in [-0.2, -0.15) is 0 Å². The summed E-state index contributed by atoms with van der Waals surface area (Å²) in [5, 5.41) is -2.51. The third-order valence-corrected chi connectivity index (χ3v) is 9.59. The highest BCUT2D eigenvalue weighted by atomic mass is 32.2. The minimum absolute atomic E-state index is 0.346. The number of hydrogen-bond donors (Lipinski definition) is 0. The van der Waals surface area contributed by atoms with Crippen molar-refractivity contribution in [3.63, 3.8) is 0 Å². The lowest BCUT2D eigenvalue weighted by atomic mass is 10.1. The van der Waals surface area contributed by atoms with E-state index in [1.165, 1.54) is 28.4 Å². The zero-order valence-electron chi connectivity index (χ0n) is 26.2. The first-order valence-corrected chi connectivity index (χ1v) is 15.7. The van der Waals surface area contributed by atoms with Crippen molar-refractivity contribution >= 4 is 22.0 Å². The molecule has 4 rings (SSSR count). The van der Waals surface area contributed by atoms with Crippen molar-refractivity contribution in [1.82, 2.24) is 0 Å². The van der Waals surface area contributed by atoms with Crippen LogP contribution in [0.15, 0.2) is 97.1 Å². The molecule has 0 saturated heterocycles. The normalized spacial score (nSPS) is 12.9. The summed E-state index contributed by atoms with van der Waals surface area (Å²) in [5.41, 5.74) is 2.09. The van der Waals surface area contributed by atoms with E-state index in [-0.39, 0.29) is 0 Å². The molecule has 0 radical (unpaired) electrons. The third-order valence-electron chi connectivity index (χ3n) is 7.39. The van der Waals surface area contributed by atoms with Crippen LogP contribution in [0.3, 0.4) is 0 Å². The maximum atomic E-state index is 15.3. The molecule has 0 amide bonds. The molecule has 45 heavy (non-hydrogen) atoms. The van der Waals surface area contributed by atoms with Gasteiger partial charge in [-0.25, -0.2) is 8.42 Å². The Labute approximate surface area is 265 Å². The van der Waals surface area contributed by atoms with E-state index < -0.39 is 20.3 Å². The summed E-state index contributed by atoms with van der Waals surface area (Å²) in [6.07, 6.45) is 6.71. The number of benzene rings is 4. The quantitative estimate of drug-likeness (QED) is 0.143. The Hall–Kier alpha value is -4.89. The van der Waals surface area contributed by atoms with E-state index in [1.54, 1.807) is 74.9 Å². The van der Waals surface area contributed by atoms with Crippen LogP contribution in [-0.2, 0) is 9.84 Å². The fourth-order valence-corrected chi connectivity index (χ4v) is 7.24. The molecule has 0 bridgehead atoms. The lowest BCUT2D eigenvalue weighted by Crippen LogP contribution is -2.21. The second-order valence-corrected chi connectivity index (χ2v) is 12.0. The second kappa shape index (κ2) is 15.2. The molecule has 2 atom stereocenters. The predicted octanol–water partition coefficient (Wildman–Crippen LogP) is 7.36. The predicted molar refractivity (Wildman–Crippen MR) is 178 cm³/mol. The van der Waals surface area contributed by atoms with Gasteiger partial charge in [-0.1, -0.05) is 72.8 Å². The molecule has 9 heteroatoms. The van der Waals surface area contributed by atoms with E-state index in [4.69, 9.17) is 28.4 Å². The molecule has 0 N–H and O–H groups in total. The van der Waals surface area contributed by atoms with Crippen LogP contribution in [0.1, 0.15) is 32.8 Å². The van der Waals surface area contributed by atoms with Gasteiger partial charge in [0, 0.05) is 11.1 Å². The third kappa shape index (κ3) is 7.10. The van der Waals surface area contributed by atoms with Crippen LogP contribution in [-0.4, -0.2) is 51.1 Å². The summed E-state index contributed by atoms with van der Waals surface area (Å²) < 4.78 is 64.5. The first kappa shape index (κ1) is 33.0. The van der Waals surface area contributed by atoms with Gasteiger partial charge in [-0.15, -0.1) is 0 Å². The van der Waals surface area contributed by atoms with Crippen molar-refractivity contribution in [3.05, 3.63) is 119 Å². The highest BCUT2D eigenvalue weighted by Crippen LogP contribution is 2.48. The SMILES string of the molecule is COc1ccccc1C=CC(c1c(OC)cccc1OC)S(=O)(=O)C(C=Cc1ccccc1OC)c1c(OC)cccc1OC. The molecule has 0 aliphatic carbocycles. The molecule has 0 saturated carbocycles. The van der Waals surface area contributed by atoms with Crippen molar-refractivity contribution in [2.24, 2.45) is 0 Å². The van der Waals surface area contributed by atoms with Crippen molar-refractivity contribution in [2.45, 2.75) is 10.5 Å². The van der Waals surface area contributed by atoms with Gasteiger partial charge >= 0.3 is 0 Å². The standard InChI is InChI=1S/C36H38O8S/c1-39-27-15-9-7-13-25(27)21-23-33(35-29(41-3)17-11-18-30(35)42-4)45(37,38)34(24-22-26-14-8-10-16-28(26)40-2)36-31(43-5)19-12-20-32(36)44-6/h7-24,33-34H,1-6H3. The van der Waals surface area contributed by atoms with Gasteiger partial charge in [0.1, 0.15) is 45.0 Å². The van der Waals surface area contributed by atoms with E-state index in [9.17, 15) is 0 Å². The molecule has 8 nitrogen and oxygen atoms in total. The highest BCUT2D eigenvalue weighted by molar-refractivity contribution is 7.92. The second-order valence-electron chi connectivity index (χ2n) is 9.78. The number of para-hydroxylation sites is 2. The first-order chi connectivity index (χ1) is 21.8. The van der Waals surface area contributed by atoms with Gasteiger partial charge in [-0.05, 0) is 36.4 Å². The highest BCUT2D eigenvalue weighted by Gasteiger charge is 2.39. The fourth-order valence-electron chi connectivity index (χ4n) is 5.21. The van der Waals surface area contributed by atoms with Gasteiger partial charge in [0.15, 0.2) is 9.84 Å². The Balaban J connectivity index is 2.05. The summed E-state index contributed by atoms with van der Waals surface area (Å²) in [7, 11) is 4.86. The smallest absolute Gasteiger partial charge is 0.172 e. The summed E-state index contributed by atoms with van der Waals surface area (Å²) in [5.74, 6) is 2.60. The minimum atomic E-state index is -4.25. The molecule has 0 aliphatic heterocycles. The van der Waals surface area contributed by atoms with Crippen LogP contribution in [0, 0.1) is 0 Å². The lowest BCUT2D eigenvalue weighted by Gasteiger charge is -2.26. The molecule has 0 spiro atoms. The zero-order valence-corrected chi connectivity index (χ0v) is 27.0. The molecule has 4 aromatic carbocycles. The Kier molecular flexibility index (Phi) is 11.2. The fraction of sp³-hybridized carbons (Fsp3) is 0.222. The molecule has 4 aromatic rings. The Morgan fingerprint density at radius 1 is 0.444 bits per heavy atom. The van der Waals surface area contributed by atoms with Gasteiger partial charge in [0.25, 0.3) is 0 Å². The van der Waals surface area contributed by atoms with Crippen molar-refractivity contribution in [1.29, 1.82) is 0 Å². The Bertz CT molecular complexity index is 1590. The van der Waals surface area contributed by atoms with Gasteiger partial charge < -0.3 is 28.4 Å². The lowest BCUT2D eigenvalue weighted by molar-refractivity contribution is 0.384. The van der Waals surface area contributed by atoms with Crippen LogP contribution in [0.4, 0.5) is 0 Å². The topological polar surface area (TPSA) is 89.5 Å². The molecular formula is C36H38O8S. The summed E-state index contributed by atoms with van der Waals surface area (Å²) in [6, 6.07) is 25.1. The number of ether oxygens (including phenoxy) is 6. The average molecular weight is 631 g/mol.